The molecule has 0 unspecified atom stereocenters. The molecule has 0 heterocycles. The van der Waals surface area contributed by atoms with Crippen LogP contribution < -0.4 is 15.2 Å². The topological polar surface area (TPSA) is 61.5 Å². The zero-order valence-electron chi connectivity index (χ0n) is 10.6. The quantitative estimate of drug-likeness (QED) is 0.535. The molecular formula is C14H13ClFNO3. The largest absolute Gasteiger partial charge is 0.457 e. The minimum atomic E-state index is -0.548. The Morgan fingerprint density at radius 2 is 1.75 bits per heavy atom. The van der Waals surface area contributed by atoms with Crippen LogP contribution in [0.25, 0.3) is 0 Å². The van der Waals surface area contributed by atoms with Crippen molar-refractivity contribution in [3.05, 3.63) is 48.3 Å². The number of anilines is 1. The summed E-state index contributed by atoms with van der Waals surface area (Å²) >= 11 is 0. The normalized spacial score (nSPS) is 9.50. The lowest BCUT2D eigenvalue weighted by molar-refractivity contribution is -0.131. The Morgan fingerprint density at radius 3 is 2.40 bits per heavy atom. The molecule has 0 bridgehead atoms. The predicted octanol–water partition coefficient (Wildman–Crippen LogP) is 3.55. The van der Waals surface area contributed by atoms with Gasteiger partial charge < -0.3 is 15.2 Å². The molecule has 0 amide bonds. The zero-order valence-corrected chi connectivity index (χ0v) is 11.4. The molecule has 0 fully saturated rings. The molecule has 0 spiro atoms. The van der Waals surface area contributed by atoms with Crippen LogP contribution in [0.2, 0.25) is 0 Å². The number of halogens is 2. The number of ether oxygens (including phenoxy) is 2. The SMILES string of the molecule is CC(=O)Oc1cccc(Oc2ccc(N)c(F)c2)c1.Cl. The first kappa shape index (κ1) is 15.8. The summed E-state index contributed by atoms with van der Waals surface area (Å²) in [6.07, 6.45) is 0. The minimum Gasteiger partial charge on any atom is -0.457 e. The second-order valence-corrected chi connectivity index (χ2v) is 3.85. The first-order valence-electron chi connectivity index (χ1n) is 5.56. The summed E-state index contributed by atoms with van der Waals surface area (Å²) in [5.74, 6) is 0.139. The Balaban J connectivity index is 0.00000200. The maximum atomic E-state index is 13.3. The Hall–Kier alpha value is -2.27. The number of carbonyl (C=O) groups is 1. The van der Waals surface area contributed by atoms with Crippen molar-refractivity contribution in [1.29, 1.82) is 0 Å². The van der Waals surface area contributed by atoms with Crippen LogP contribution in [0.1, 0.15) is 6.92 Å². The first-order chi connectivity index (χ1) is 9.04. The van der Waals surface area contributed by atoms with Crippen molar-refractivity contribution < 1.29 is 18.7 Å². The molecule has 0 atom stereocenters. The van der Waals surface area contributed by atoms with Gasteiger partial charge in [0.05, 0.1) is 5.69 Å². The number of esters is 1. The number of hydrogen-bond donors (Lipinski definition) is 1. The number of nitrogens with two attached hydrogens (primary N) is 1. The summed E-state index contributed by atoms with van der Waals surface area (Å²) in [7, 11) is 0. The van der Waals surface area contributed by atoms with E-state index in [2.05, 4.69) is 0 Å². The van der Waals surface area contributed by atoms with Gasteiger partial charge in [0.2, 0.25) is 0 Å². The van der Waals surface area contributed by atoms with E-state index in [4.69, 9.17) is 15.2 Å². The van der Waals surface area contributed by atoms with Gasteiger partial charge in [0.25, 0.3) is 0 Å². The Bertz CT molecular complexity index is 619. The van der Waals surface area contributed by atoms with E-state index in [0.29, 0.717) is 17.2 Å². The van der Waals surface area contributed by atoms with E-state index in [1.165, 1.54) is 25.1 Å². The van der Waals surface area contributed by atoms with Gasteiger partial charge in [-0.1, -0.05) is 6.07 Å². The van der Waals surface area contributed by atoms with Crippen LogP contribution in [0.4, 0.5) is 10.1 Å². The predicted molar refractivity (Wildman–Crippen MR) is 75.9 cm³/mol. The highest BCUT2D eigenvalue weighted by atomic mass is 35.5. The van der Waals surface area contributed by atoms with Crippen LogP contribution in [0.3, 0.4) is 0 Å². The van der Waals surface area contributed by atoms with Gasteiger partial charge in [0.1, 0.15) is 23.1 Å². The van der Waals surface area contributed by atoms with Gasteiger partial charge in [-0.2, -0.15) is 0 Å². The molecule has 20 heavy (non-hydrogen) atoms. The van der Waals surface area contributed by atoms with Gasteiger partial charge in [-0.15, -0.1) is 12.4 Å². The molecule has 0 aliphatic carbocycles. The molecule has 0 radical (unpaired) electrons. The zero-order chi connectivity index (χ0) is 13.8. The molecule has 2 rings (SSSR count). The van der Waals surface area contributed by atoms with Crippen molar-refractivity contribution in [1.82, 2.24) is 0 Å². The third-order valence-corrected chi connectivity index (χ3v) is 2.27. The van der Waals surface area contributed by atoms with Crippen LogP contribution in [0, 0.1) is 5.82 Å². The summed E-state index contributed by atoms with van der Waals surface area (Å²) in [6.45, 7) is 1.31. The summed E-state index contributed by atoms with van der Waals surface area (Å²) in [5, 5.41) is 0. The van der Waals surface area contributed by atoms with E-state index in [1.807, 2.05) is 0 Å². The molecule has 0 aromatic heterocycles. The first-order valence-corrected chi connectivity index (χ1v) is 5.56. The van der Waals surface area contributed by atoms with Gasteiger partial charge in [-0.3, -0.25) is 4.79 Å². The van der Waals surface area contributed by atoms with Crippen molar-refractivity contribution in [3.8, 4) is 17.2 Å². The van der Waals surface area contributed by atoms with Crippen molar-refractivity contribution >= 4 is 24.1 Å². The summed E-state index contributed by atoms with van der Waals surface area (Å²) in [5.41, 5.74) is 5.43. The standard InChI is InChI=1S/C14H12FNO3.ClH/c1-9(17)18-10-3-2-4-11(7-10)19-12-5-6-14(16)13(15)8-12;/h2-8H,16H2,1H3;1H. The van der Waals surface area contributed by atoms with E-state index in [-0.39, 0.29) is 18.1 Å². The molecule has 2 aromatic rings. The average molecular weight is 298 g/mol. The molecule has 0 aliphatic heterocycles. The smallest absolute Gasteiger partial charge is 0.308 e. The second-order valence-electron chi connectivity index (χ2n) is 3.85. The summed E-state index contributed by atoms with van der Waals surface area (Å²) < 4.78 is 23.6. The number of benzene rings is 2. The molecule has 2 N–H and O–H groups in total. The van der Waals surface area contributed by atoms with Crippen molar-refractivity contribution in [3.63, 3.8) is 0 Å². The molecule has 0 saturated heterocycles. The highest BCUT2D eigenvalue weighted by Crippen LogP contribution is 2.27. The number of hydrogen-bond acceptors (Lipinski definition) is 4. The van der Waals surface area contributed by atoms with Crippen LogP contribution in [-0.4, -0.2) is 5.97 Å². The molecule has 6 heteroatoms. The lowest BCUT2D eigenvalue weighted by atomic mass is 10.3. The Morgan fingerprint density at radius 1 is 1.10 bits per heavy atom. The van der Waals surface area contributed by atoms with Crippen LogP contribution >= 0.6 is 12.4 Å². The molecule has 0 aliphatic rings. The monoisotopic (exact) mass is 297 g/mol. The fourth-order valence-electron chi connectivity index (χ4n) is 1.47. The van der Waals surface area contributed by atoms with Crippen molar-refractivity contribution in [2.24, 2.45) is 0 Å². The van der Waals surface area contributed by atoms with Gasteiger partial charge >= 0.3 is 5.97 Å². The maximum absolute atomic E-state index is 13.3. The highest BCUT2D eigenvalue weighted by Gasteiger charge is 2.04. The van der Waals surface area contributed by atoms with Crippen LogP contribution in [-0.2, 0) is 4.79 Å². The maximum Gasteiger partial charge on any atom is 0.308 e. The van der Waals surface area contributed by atoms with Crippen LogP contribution in [0.5, 0.6) is 17.2 Å². The molecule has 4 nitrogen and oxygen atoms in total. The van der Waals surface area contributed by atoms with Crippen LogP contribution in [0.15, 0.2) is 42.5 Å². The lowest BCUT2D eigenvalue weighted by Gasteiger charge is -2.08. The highest BCUT2D eigenvalue weighted by molar-refractivity contribution is 5.85. The summed E-state index contributed by atoms with van der Waals surface area (Å²) in [4.78, 5) is 10.8. The van der Waals surface area contributed by atoms with Gasteiger partial charge in [0, 0.05) is 19.1 Å². The van der Waals surface area contributed by atoms with Crippen molar-refractivity contribution in [2.75, 3.05) is 5.73 Å². The fraction of sp³-hybridized carbons (Fsp3) is 0.0714. The number of carbonyl (C=O) groups excluding carboxylic acids is 1. The van der Waals surface area contributed by atoms with Gasteiger partial charge in [0.15, 0.2) is 0 Å². The third-order valence-electron chi connectivity index (χ3n) is 2.27. The van der Waals surface area contributed by atoms with Gasteiger partial charge in [-0.05, 0) is 24.3 Å². The van der Waals surface area contributed by atoms with E-state index in [0.717, 1.165) is 0 Å². The Labute approximate surface area is 121 Å². The van der Waals surface area contributed by atoms with E-state index in [9.17, 15) is 9.18 Å². The number of nitrogen functional groups attached to an aromatic ring is 1. The Kier molecular flexibility index (Phi) is 5.34. The molecule has 106 valence electrons. The number of rotatable bonds is 3. The van der Waals surface area contributed by atoms with E-state index >= 15 is 0 Å². The molecule has 2 aromatic carbocycles. The lowest BCUT2D eigenvalue weighted by Crippen LogP contribution is -2.01. The molecule has 0 saturated carbocycles. The second kappa shape index (κ2) is 6.77. The summed E-state index contributed by atoms with van der Waals surface area (Å²) in [6, 6.07) is 10.7. The van der Waals surface area contributed by atoms with Crippen molar-refractivity contribution in [2.45, 2.75) is 6.92 Å². The van der Waals surface area contributed by atoms with Gasteiger partial charge in [-0.25, -0.2) is 4.39 Å². The minimum absolute atomic E-state index is 0. The van der Waals surface area contributed by atoms with E-state index < -0.39 is 11.8 Å². The molecular weight excluding hydrogens is 285 g/mol. The fourth-order valence-corrected chi connectivity index (χ4v) is 1.47. The average Bonchev–Trinajstić information content (AvgIpc) is 2.33. The third kappa shape index (κ3) is 4.13. The van der Waals surface area contributed by atoms with E-state index in [1.54, 1.807) is 24.3 Å².